The molecule has 2 aliphatic rings. The summed E-state index contributed by atoms with van der Waals surface area (Å²) in [6.07, 6.45) is 2.40. The Labute approximate surface area is 61.6 Å². The SMILES string of the molecule is [B](OC1CCO1)N1CCC1. The van der Waals surface area contributed by atoms with Crippen molar-refractivity contribution in [3.05, 3.63) is 0 Å². The van der Waals surface area contributed by atoms with Gasteiger partial charge in [0.2, 0.25) is 0 Å². The van der Waals surface area contributed by atoms with E-state index in [4.69, 9.17) is 9.39 Å². The lowest BCUT2D eigenvalue weighted by molar-refractivity contribution is -0.169. The van der Waals surface area contributed by atoms with Crippen molar-refractivity contribution in [2.24, 2.45) is 0 Å². The predicted octanol–water partition coefficient (Wildman–Crippen LogP) is -0.0107. The zero-order valence-corrected chi connectivity index (χ0v) is 5.95. The number of hydrogen-bond acceptors (Lipinski definition) is 3. The number of hydrogen-bond donors (Lipinski definition) is 0. The molecule has 2 fully saturated rings. The largest absolute Gasteiger partial charge is 0.400 e. The highest BCUT2D eigenvalue weighted by molar-refractivity contribution is 6.23. The third kappa shape index (κ3) is 1.33. The van der Waals surface area contributed by atoms with E-state index in [1.54, 1.807) is 7.62 Å². The van der Waals surface area contributed by atoms with Crippen molar-refractivity contribution in [1.29, 1.82) is 0 Å². The average molecular weight is 140 g/mol. The molecular formula is C6H11BNO2. The first kappa shape index (κ1) is 6.64. The van der Waals surface area contributed by atoms with Crippen LogP contribution < -0.4 is 0 Å². The summed E-state index contributed by atoms with van der Waals surface area (Å²) in [6, 6.07) is 0. The lowest BCUT2D eigenvalue weighted by atomic mass is 10.1. The minimum atomic E-state index is 0.0561. The molecule has 0 aromatic heterocycles. The van der Waals surface area contributed by atoms with Gasteiger partial charge in [0.1, 0.15) is 6.29 Å². The van der Waals surface area contributed by atoms with Gasteiger partial charge in [0, 0.05) is 6.42 Å². The number of rotatable bonds is 3. The lowest BCUT2D eigenvalue weighted by Gasteiger charge is -2.33. The molecule has 0 aromatic rings. The zero-order valence-electron chi connectivity index (χ0n) is 5.95. The fourth-order valence-electron chi connectivity index (χ4n) is 0.921. The van der Waals surface area contributed by atoms with Gasteiger partial charge >= 0.3 is 7.62 Å². The van der Waals surface area contributed by atoms with Crippen LogP contribution in [0.3, 0.4) is 0 Å². The second-order valence-corrected chi connectivity index (χ2v) is 2.72. The molecule has 3 nitrogen and oxygen atoms in total. The minimum Gasteiger partial charge on any atom is -0.399 e. The van der Waals surface area contributed by atoms with E-state index < -0.39 is 0 Å². The Morgan fingerprint density at radius 3 is 2.70 bits per heavy atom. The van der Waals surface area contributed by atoms with Crippen molar-refractivity contribution >= 4 is 7.62 Å². The summed E-state index contributed by atoms with van der Waals surface area (Å²) in [6.45, 7) is 3.15. The average Bonchev–Trinajstić information content (AvgIpc) is 1.70. The summed E-state index contributed by atoms with van der Waals surface area (Å²) in [5.41, 5.74) is 0. The molecule has 2 heterocycles. The topological polar surface area (TPSA) is 21.7 Å². The first-order valence-corrected chi connectivity index (χ1v) is 3.79. The maximum Gasteiger partial charge on any atom is 0.400 e. The van der Waals surface area contributed by atoms with Gasteiger partial charge in [0.25, 0.3) is 0 Å². The van der Waals surface area contributed by atoms with Gasteiger partial charge < -0.3 is 14.2 Å². The molecule has 1 unspecified atom stereocenters. The molecule has 2 saturated heterocycles. The lowest BCUT2D eigenvalue weighted by Crippen LogP contribution is -2.44. The van der Waals surface area contributed by atoms with Crippen molar-refractivity contribution in [3.8, 4) is 0 Å². The summed E-state index contributed by atoms with van der Waals surface area (Å²) in [7, 11) is 1.80. The monoisotopic (exact) mass is 140 g/mol. The minimum absolute atomic E-state index is 0.0561. The summed E-state index contributed by atoms with van der Waals surface area (Å²) < 4.78 is 10.3. The molecule has 10 heavy (non-hydrogen) atoms. The Morgan fingerprint density at radius 2 is 2.30 bits per heavy atom. The van der Waals surface area contributed by atoms with Crippen LogP contribution in [0.15, 0.2) is 0 Å². The molecule has 0 aromatic carbocycles. The maximum atomic E-state index is 5.26. The van der Waals surface area contributed by atoms with Crippen LogP contribution in [0.4, 0.5) is 0 Å². The highest BCUT2D eigenvalue weighted by Gasteiger charge is 2.22. The highest BCUT2D eigenvalue weighted by Crippen LogP contribution is 2.13. The van der Waals surface area contributed by atoms with E-state index >= 15 is 0 Å². The van der Waals surface area contributed by atoms with E-state index in [-0.39, 0.29) is 6.29 Å². The molecule has 0 saturated carbocycles. The van der Waals surface area contributed by atoms with Crippen LogP contribution in [0.5, 0.6) is 0 Å². The molecule has 0 bridgehead atoms. The number of nitrogens with zero attached hydrogens (tertiary/aromatic N) is 1. The van der Waals surface area contributed by atoms with Crippen molar-refractivity contribution in [2.45, 2.75) is 19.1 Å². The third-order valence-electron chi connectivity index (χ3n) is 1.91. The zero-order chi connectivity index (χ0) is 6.81. The molecule has 2 rings (SSSR count). The second kappa shape index (κ2) is 2.90. The molecule has 0 N–H and O–H groups in total. The van der Waals surface area contributed by atoms with E-state index in [1.807, 2.05) is 0 Å². The fraction of sp³-hybridized carbons (Fsp3) is 1.00. The Bertz CT molecular complexity index is 100. The molecule has 0 amide bonds. The van der Waals surface area contributed by atoms with Gasteiger partial charge in [-0.2, -0.15) is 0 Å². The van der Waals surface area contributed by atoms with Gasteiger partial charge in [-0.3, -0.25) is 0 Å². The molecule has 0 aliphatic carbocycles. The molecule has 4 heteroatoms. The van der Waals surface area contributed by atoms with Crippen molar-refractivity contribution in [2.75, 3.05) is 19.7 Å². The Morgan fingerprint density at radius 1 is 1.50 bits per heavy atom. The van der Waals surface area contributed by atoms with Gasteiger partial charge in [-0.1, -0.05) is 0 Å². The van der Waals surface area contributed by atoms with Crippen LogP contribution in [0.2, 0.25) is 0 Å². The van der Waals surface area contributed by atoms with Crippen LogP contribution in [0.1, 0.15) is 12.8 Å². The smallest absolute Gasteiger partial charge is 0.399 e. The van der Waals surface area contributed by atoms with Crippen molar-refractivity contribution < 1.29 is 9.39 Å². The summed E-state index contributed by atoms with van der Waals surface area (Å²) in [5, 5.41) is 0. The molecule has 55 valence electrons. The molecule has 0 spiro atoms. The van der Waals surface area contributed by atoms with Crippen LogP contribution in [0, 0.1) is 0 Å². The molecule has 1 atom stereocenters. The predicted molar refractivity (Wildman–Crippen MR) is 37.4 cm³/mol. The fourth-order valence-corrected chi connectivity index (χ4v) is 0.921. The quantitative estimate of drug-likeness (QED) is 0.514. The molecule has 2 aliphatic heterocycles. The van der Waals surface area contributed by atoms with Crippen LogP contribution in [-0.2, 0) is 9.39 Å². The van der Waals surface area contributed by atoms with Gasteiger partial charge in [-0.05, 0) is 19.5 Å². The second-order valence-electron chi connectivity index (χ2n) is 2.72. The van der Waals surface area contributed by atoms with E-state index in [2.05, 4.69) is 4.81 Å². The number of ether oxygens (including phenoxy) is 1. The summed E-state index contributed by atoms with van der Waals surface area (Å²) >= 11 is 0. The first-order valence-electron chi connectivity index (χ1n) is 3.79. The van der Waals surface area contributed by atoms with Crippen LogP contribution in [0.25, 0.3) is 0 Å². The van der Waals surface area contributed by atoms with Gasteiger partial charge in [0.05, 0.1) is 6.61 Å². The first-order chi connectivity index (χ1) is 4.95. The van der Waals surface area contributed by atoms with Crippen LogP contribution in [-0.4, -0.2) is 38.4 Å². The van der Waals surface area contributed by atoms with E-state index in [0.717, 1.165) is 26.1 Å². The van der Waals surface area contributed by atoms with E-state index in [1.165, 1.54) is 6.42 Å². The third-order valence-corrected chi connectivity index (χ3v) is 1.91. The maximum absolute atomic E-state index is 5.26. The normalized spacial score (nSPS) is 32.6. The summed E-state index contributed by atoms with van der Waals surface area (Å²) in [5.74, 6) is 0. The van der Waals surface area contributed by atoms with E-state index in [9.17, 15) is 0 Å². The Hall–Kier alpha value is -0.0551. The molecular weight excluding hydrogens is 129 g/mol. The van der Waals surface area contributed by atoms with E-state index in [0.29, 0.717) is 0 Å². The van der Waals surface area contributed by atoms with Crippen molar-refractivity contribution in [1.82, 2.24) is 4.81 Å². The van der Waals surface area contributed by atoms with Crippen molar-refractivity contribution in [3.63, 3.8) is 0 Å². The van der Waals surface area contributed by atoms with Gasteiger partial charge in [-0.15, -0.1) is 0 Å². The molecule has 1 radical (unpaired) electrons. The Kier molecular flexibility index (Phi) is 1.93. The summed E-state index contributed by atoms with van der Waals surface area (Å²) in [4.78, 5) is 2.15. The highest BCUT2D eigenvalue weighted by atomic mass is 16.7. The van der Waals surface area contributed by atoms with Crippen LogP contribution >= 0.6 is 0 Å². The standard InChI is InChI=1S/C6H11BNO2/c1-3-8(4-1)7-10-6-2-5-9-6/h6H,1-5H2. The Balaban J connectivity index is 1.54. The van der Waals surface area contributed by atoms with Gasteiger partial charge in [-0.25, -0.2) is 0 Å². The van der Waals surface area contributed by atoms with Gasteiger partial charge in [0.15, 0.2) is 0 Å².